The molecular weight excluding hydrogens is 411 g/mol. The van der Waals surface area contributed by atoms with E-state index in [1.807, 2.05) is 0 Å². The van der Waals surface area contributed by atoms with E-state index in [-0.39, 0.29) is 17.3 Å². The number of nitrogens with zero attached hydrogens (tertiary/aromatic N) is 6. The van der Waals surface area contributed by atoms with Crippen LogP contribution in [0.1, 0.15) is 34.7 Å². The Morgan fingerprint density at radius 2 is 1.83 bits per heavy atom. The summed E-state index contributed by atoms with van der Waals surface area (Å²) in [4.78, 5) is 25.6. The number of carbonyl (C=O) groups excluding carboxylic acids is 1. The number of benzene rings is 1. The minimum Gasteiger partial charge on any atom is -0.323 e. The van der Waals surface area contributed by atoms with E-state index in [0.29, 0.717) is 6.07 Å². The zero-order valence-corrected chi connectivity index (χ0v) is 15.5. The summed E-state index contributed by atoms with van der Waals surface area (Å²) in [5, 5.41) is 3.95. The second-order valence-electron chi connectivity index (χ2n) is 6.18. The van der Waals surface area contributed by atoms with Gasteiger partial charge in [-0.1, -0.05) is 6.07 Å². The molecule has 1 amide bonds. The molecule has 0 saturated heterocycles. The van der Waals surface area contributed by atoms with Gasteiger partial charge in [0.15, 0.2) is 5.82 Å². The number of aromatic nitrogens is 5. The molecule has 158 valence electrons. The molecule has 0 saturated carbocycles. The summed E-state index contributed by atoms with van der Waals surface area (Å²) < 4.78 is 66.6. The minimum atomic E-state index is -4.68. The first-order valence-corrected chi connectivity index (χ1v) is 8.62. The molecule has 0 aliphatic carbocycles. The predicted molar refractivity (Wildman–Crippen MR) is 93.8 cm³/mol. The molecule has 3 aromatic rings. The Balaban J connectivity index is 1.98. The molecule has 30 heavy (non-hydrogen) atoms. The Hall–Kier alpha value is -3.44. The maximum absolute atomic E-state index is 13.2. The van der Waals surface area contributed by atoms with Gasteiger partial charge in [0.05, 0.1) is 18.2 Å². The molecular formula is C18H15F5N6O. The zero-order valence-electron chi connectivity index (χ0n) is 15.5. The summed E-state index contributed by atoms with van der Waals surface area (Å²) in [5.74, 6) is -0.833. The van der Waals surface area contributed by atoms with E-state index in [1.54, 1.807) is 6.07 Å². The maximum Gasteiger partial charge on any atom is 0.416 e. The van der Waals surface area contributed by atoms with E-state index in [0.717, 1.165) is 29.4 Å². The Morgan fingerprint density at radius 1 is 1.13 bits per heavy atom. The van der Waals surface area contributed by atoms with Crippen LogP contribution in [0, 0.1) is 0 Å². The lowest BCUT2D eigenvalue weighted by Crippen LogP contribution is -2.38. The third-order valence-corrected chi connectivity index (χ3v) is 4.19. The Labute approximate surface area is 167 Å². The summed E-state index contributed by atoms with van der Waals surface area (Å²) in [6.07, 6.45) is -3.60. The molecule has 3 rings (SSSR count). The van der Waals surface area contributed by atoms with Crippen LogP contribution in [0.15, 0.2) is 49.1 Å². The van der Waals surface area contributed by atoms with Crippen molar-refractivity contribution >= 4 is 5.91 Å². The van der Waals surface area contributed by atoms with Gasteiger partial charge in [-0.25, -0.2) is 23.7 Å². The largest absolute Gasteiger partial charge is 0.416 e. The van der Waals surface area contributed by atoms with Crippen molar-refractivity contribution in [2.24, 2.45) is 0 Å². The lowest BCUT2D eigenvalue weighted by atomic mass is 10.1. The maximum atomic E-state index is 13.2. The normalized spacial score (nSPS) is 12.8. The fourth-order valence-corrected chi connectivity index (χ4v) is 2.79. The van der Waals surface area contributed by atoms with Gasteiger partial charge in [0.1, 0.15) is 6.33 Å². The fraction of sp³-hybridized carbons (Fsp3) is 0.278. The summed E-state index contributed by atoms with van der Waals surface area (Å²) in [6, 6.07) is 4.09. The van der Waals surface area contributed by atoms with Crippen molar-refractivity contribution in [3.63, 3.8) is 0 Å². The van der Waals surface area contributed by atoms with Crippen molar-refractivity contribution in [1.82, 2.24) is 29.6 Å². The van der Waals surface area contributed by atoms with Crippen LogP contribution in [0.4, 0.5) is 22.0 Å². The first kappa shape index (κ1) is 21.3. The molecule has 2 heterocycles. The van der Waals surface area contributed by atoms with E-state index < -0.39 is 36.7 Å². The summed E-state index contributed by atoms with van der Waals surface area (Å²) in [6.45, 7) is 0.399. The molecule has 0 N–H and O–H groups in total. The first-order valence-electron chi connectivity index (χ1n) is 8.62. The van der Waals surface area contributed by atoms with Crippen LogP contribution in [0.2, 0.25) is 0 Å². The number of amides is 1. The van der Waals surface area contributed by atoms with Crippen LogP contribution in [-0.2, 0) is 6.18 Å². The van der Waals surface area contributed by atoms with Crippen LogP contribution in [0.3, 0.4) is 0 Å². The van der Waals surface area contributed by atoms with Gasteiger partial charge in [0, 0.05) is 18.0 Å². The minimum absolute atomic E-state index is 0.0715. The second kappa shape index (κ2) is 8.51. The number of carbonyl (C=O) groups is 1. The molecule has 1 atom stereocenters. The number of halogens is 5. The average Bonchev–Trinajstić information content (AvgIpc) is 3.21. The lowest BCUT2D eigenvalue weighted by Gasteiger charge is -2.28. The Bertz CT molecular complexity index is 1010. The van der Waals surface area contributed by atoms with E-state index in [9.17, 15) is 26.7 Å². The third kappa shape index (κ3) is 4.58. The van der Waals surface area contributed by atoms with E-state index in [1.165, 1.54) is 24.0 Å². The summed E-state index contributed by atoms with van der Waals surface area (Å²) in [7, 11) is 0. The monoisotopic (exact) mass is 426 g/mol. The van der Waals surface area contributed by atoms with Gasteiger partial charge < -0.3 is 4.90 Å². The van der Waals surface area contributed by atoms with Gasteiger partial charge in [-0.15, -0.1) is 0 Å². The van der Waals surface area contributed by atoms with Crippen LogP contribution >= 0.6 is 0 Å². The van der Waals surface area contributed by atoms with Crippen molar-refractivity contribution in [2.45, 2.75) is 25.6 Å². The number of hydrogen-bond acceptors (Lipinski definition) is 5. The quantitative estimate of drug-likeness (QED) is 0.564. The molecule has 2 aromatic heterocycles. The first-order chi connectivity index (χ1) is 14.2. The van der Waals surface area contributed by atoms with E-state index in [4.69, 9.17) is 0 Å². The van der Waals surface area contributed by atoms with Gasteiger partial charge in [-0.05, 0) is 31.2 Å². The standard InChI is InChI=1S/C18H15F5N6O/c1-11(15-26-10-27-29(15)17-24-6-3-7-25-17)28(9-14(19)20)16(30)12-4-2-5-13(8-12)18(21,22)23/h2-8,10-11,14H,9H2,1H3. The van der Waals surface area contributed by atoms with Gasteiger partial charge in [0.25, 0.3) is 18.3 Å². The molecule has 0 aliphatic rings. The number of hydrogen-bond donors (Lipinski definition) is 0. The molecule has 0 aliphatic heterocycles. The lowest BCUT2D eigenvalue weighted by molar-refractivity contribution is -0.137. The Morgan fingerprint density at radius 3 is 2.47 bits per heavy atom. The van der Waals surface area contributed by atoms with Crippen LogP contribution in [0.25, 0.3) is 5.95 Å². The van der Waals surface area contributed by atoms with E-state index >= 15 is 0 Å². The fourth-order valence-electron chi connectivity index (χ4n) is 2.79. The van der Waals surface area contributed by atoms with Crippen molar-refractivity contribution in [3.8, 4) is 5.95 Å². The molecule has 0 fully saturated rings. The SMILES string of the molecule is CC(c1ncnn1-c1ncccn1)N(CC(F)F)C(=O)c1cccc(C(F)(F)F)c1. The molecule has 1 aromatic carbocycles. The molecule has 12 heteroatoms. The van der Waals surface area contributed by atoms with Crippen molar-refractivity contribution < 1.29 is 26.7 Å². The topological polar surface area (TPSA) is 76.8 Å². The molecule has 0 radical (unpaired) electrons. The van der Waals surface area contributed by atoms with Crippen LogP contribution in [-0.4, -0.2) is 48.5 Å². The van der Waals surface area contributed by atoms with Gasteiger partial charge in [-0.3, -0.25) is 4.79 Å². The smallest absolute Gasteiger partial charge is 0.323 e. The molecule has 7 nitrogen and oxygen atoms in total. The second-order valence-corrected chi connectivity index (χ2v) is 6.18. The molecule has 0 spiro atoms. The van der Waals surface area contributed by atoms with Crippen molar-refractivity contribution in [3.05, 3.63) is 66.0 Å². The van der Waals surface area contributed by atoms with E-state index in [2.05, 4.69) is 20.1 Å². The van der Waals surface area contributed by atoms with Crippen LogP contribution < -0.4 is 0 Å². The number of alkyl halides is 5. The summed E-state index contributed by atoms with van der Waals surface area (Å²) >= 11 is 0. The van der Waals surface area contributed by atoms with Crippen molar-refractivity contribution in [1.29, 1.82) is 0 Å². The summed E-state index contributed by atoms with van der Waals surface area (Å²) in [5.41, 5.74) is -1.43. The Kier molecular flexibility index (Phi) is 6.04. The number of rotatable bonds is 6. The van der Waals surface area contributed by atoms with Crippen LogP contribution in [0.5, 0.6) is 0 Å². The van der Waals surface area contributed by atoms with Gasteiger partial charge in [0.2, 0.25) is 0 Å². The highest BCUT2D eigenvalue weighted by molar-refractivity contribution is 5.94. The predicted octanol–water partition coefficient (Wildman–Crippen LogP) is 3.54. The van der Waals surface area contributed by atoms with Gasteiger partial charge in [-0.2, -0.15) is 23.0 Å². The third-order valence-electron chi connectivity index (χ3n) is 4.19. The highest BCUT2D eigenvalue weighted by atomic mass is 19.4. The molecule has 1 unspecified atom stereocenters. The highest BCUT2D eigenvalue weighted by Crippen LogP contribution is 2.30. The average molecular weight is 426 g/mol. The van der Waals surface area contributed by atoms with Gasteiger partial charge >= 0.3 is 6.18 Å². The zero-order chi connectivity index (χ0) is 21.9. The molecule has 0 bridgehead atoms. The highest BCUT2D eigenvalue weighted by Gasteiger charge is 2.33. The van der Waals surface area contributed by atoms with Crippen molar-refractivity contribution in [2.75, 3.05) is 6.54 Å².